The fraction of sp³-hybridized carbons (Fsp3) is 0.800. The first-order valence-corrected chi connectivity index (χ1v) is 5.53. The maximum atomic E-state index is 11.5. The zero-order chi connectivity index (χ0) is 13.3. The zero-order valence-corrected chi connectivity index (χ0v) is 10.3. The normalized spacial score (nSPS) is 11.9. The first kappa shape index (κ1) is 15.7. The Kier molecular flexibility index (Phi) is 8.08. The van der Waals surface area contributed by atoms with Gasteiger partial charge in [0.05, 0.1) is 0 Å². The smallest absolute Gasteiger partial charge is 0.332 e. The number of hydrogen-bond acceptors (Lipinski definition) is 4. The van der Waals surface area contributed by atoms with Crippen LogP contribution in [0.15, 0.2) is 0 Å². The lowest BCUT2D eigenvalue weighted by molar-refractivity contribution is -0.146. The van der Waals surface area contributed by atoms with Crippen LogP contribution in [0.1, 0.15) is 12.8 Å². The molecular weight excluding hydrogens is 226 g/mol. The van der Waals surface area contributed by atoms with E-state index in [2.05, 4.69) is 10.6 Å². The summed E-state index contributed by atoms with van der Waals surface area (Å²) < 4.78 is 0. The summed E-state index contributed by atoms with van der Waals surface area (Å²) in [7, 11) is 3.51. The second-order valence-electron chi connectivity index (χ2n) is 3.75. The maximum absolute atomic E-state index is 11.5. The van der Waals surface area contributed by atoms with Crippen molar-refractivity contribution < 1.29 is 19.8 Å². The van der Waals surface area contributed by atoms with Gasteiger partial charge in [-0.2, -0.15) is 0 Å². The number of nitrogens with one attached hydrogen (secondary N) is 2. The molecule has 0 bridgehead atoms. The quantitative estimate of drug-likeness (QED) is 0.415. The van der Waals surface area contributed by atoms with Crippen LogP contribution in [0.25, 0.3) is 0 Å². The van der Waals surface area contributed by atoms with Crippen molar-refractivity contribution in [3.8, 4) is 0 Å². The van der Waals surface area contributed by atoms with E-state index in [1.807, 2.05) is 7.05 Å². The van der Waals surface area contributed by atoms with E-state index >= 15 is 0 Å². The largest absolute Gasteiger partial charge is 0.479 e. The minimum absolute atomic E-state index is 0.00539. The van der Waals surface area contributed by atoms with Gasteiger partial charge in [0.2, 0.25) is 0 Å². The van der Waals surface area contributed by atoms with E-state index in [1.54, 1.807) is 7.05 Å². The van der Waals surface area contributed by atoms with E-state index in [0.717, 1.165) is 13.0 Å². The Morgan fingerprint density at radius 1 is 1.35 bits per heavy atom. The predicted octanol–water partition coefficient (Wildman–Crippen LogP) is -0.927. The minimum Gasteiger partial charge on any atom is -0.479 e. The molecule has 4 N–H and O–H groups in total. The van der Waals surface area contributed by atoms with E-state index in [1.165, 1.54) is 4.90 Å². The van der Waals surface area contributed by atoms with Gasteiger partial charge in [0.15, 0.2) is 6.10 Å². The molecule has 0 heterocycles. The second kappa shape index (κ2) is 8.77. The summed E-state index contributed by atoms with van der Waals surface area (Å²) in [6.07, 6.45) is -0.575. The molecule has 0 saturated carbocycles. The number of aliphatic hydroxyl groups excluding tert-OH is 1. The third kappa shape index (κ3) is 7.53. The Balaban J connectivity index is 3.67. The first-order valence-electron chi connectivity index (χ1n) is 5.53. The molecule has 100 valence electrons. The predicted molar refractivity (Wildman–Crippen MR) is 62.8 cm³/mol. The van der Waals surface area contributed by atoms with Gasteiger partial charge in [-0.3, -0.25) is 0 Å². The highest BCUT2D eigenvalue weighted by Gasteiger charge is 2.13. The molecule has 17 heavy (non-hydrogen) atoms. The molecule has 0 fully saturated rings. The van der Waals surface area contributed by atoms with Crippen LogP contribution in [0.2, 0.25) is 0 Å². The molecule has 0 spiro atoms. The van der Waals surface area contributed by atoms with Crippen molar-refractivity contribution in [1.29, 1.82) is 0 Å². The zero-order valence-electron chi connectivity index (χ0n) is 10.3. The Bertz CT molecular complexity index is 248. The van der Waals surface area contributed by atoms with Crippen LogP contribution in [0.3, 0.4) is 0 Å². The SMILES string of the molecule is CNCCCN(C)C(=O)NCCC(O)C(=O)O. The van der Waals surface area contributed by atoms with Crippen molar-refractivity contribution in [2.24, 2.45) is 0 Å². The Hall–Kier alpha value is -1.34. The van der Waals surface area contributed by atoms with Gasteiger partial charge in [-0.05, 0) is 20.0 Å². The minimum atomic E-state index is -1.43. The third-order valence-corrected chi connectivity index (χ3v) is 2.25. The van der Waals surface area contributed by atoms with Gasteiger partial charge >= 0.3 is 12.0 Å². The summed E-state index contributed by atoms with van der Waals surface area (Å²) in [6, 6.07) is -0.265. The van der Waals surface area contributed by atoms with Gasteiger partial charge < -0.3 is 25.7 Å². The van der Waals surface area contributed by atoms with Crippen LogP contribution >= 0.6 is 0 Å². The maximum Gasteiger partial charge on any atom is 0.332 e. The van der Waals surface area contributed by atoms with Crippen LogP contribution < -0.4 is 10.6 Å². The topological polar surface area (TPSA) is 102 Å². The molecule has 0 aliphatic carbocycles. The third-order valence-electron chi connectivity index (χ3n) is 2.25. The number of aliphatic carboxylic acids is 1. The molecule has 0 rings (SSSR count). The average molecular weight is 247 g/mol. The summed E-state index contributed by atoms with van der Waals surface area (Å²) >= 11 is 0. The highest BCUT2D eigenvalue weighted by molar-refractivity contribution is 5.74. The van der Waals surface area contributed by atoms with Crippen LogP contribution in [0, 0.1) is 0 Å². The van der Waals surface area contributed by atoms with Crippen LogP contribution in [0.4, 0.5) is 4.79 Å². The van der Waals surface area contributed by atoms with Crippen molar-refractivity contribution in [3.05, 3.63) is 0 Å². The number of carboxylic acids is 1. The molecule has 1 atom stereocenters. The lowest BCUT2D eigenvalue weighted by Gasteiger charge is -2.18. The Morgan fingerprint density at radius 3 is 2.53 bits per heavy atom. The summed E-state index contributed by atoms with van der Waals surface area (Å²) in [5.74, 6) is -1.28. The molecule has 0 aliphatic heterocycles. The van der Waals surface area contributed by atoms with Crippen molar-refractivity contribution in [3.63, 3.8) is 0 Å². The number of carbonyl (C=O) groups is 2. The van der Waals surface area contributed by atoms with E-state index < -0.39 is 12.1 Å². The number of carbonyl (C=O) groups excluding carboxylic acids is 1. The molecule has 7 heteroatoms. The van der Waals surface area contributed by atoms with Gasteiger partial charge in [0.25, 0.3) is 0 Å². The highest BCUT2D eigenvalue weighted by Crippen LogP contribution is 1.92. The fourth-order valence-corrected chi connectivity index (χ4v) is 1.17. The summed E-state index contributed by atoms with van der Waals surface area (Å²) in [5, 5.41) is 22.9. The Morgan fingerprint density at radius 2 is 2.00 bits per heavy atom. The molecule has 0 radical (unpaired) electrons. The van der Waals surface area contributed by atoms with E-state index in [0.29, 0.717) is 6.54 Å². The van der Waals surface area contributed by atoms with Crippen LogP contribution in [-0.4, -0.2) is 66.9 Å². The van der Waals surface area contributed by atoms with Crippen molar-refractivity contribution in [1.82, 2.24) is 15.5 Å². The summed E-state index contributed by atoms with van der Waals surface area (Å²) in [5.41, 5.74) is 0. The number of amides is 2. The molecule has 7 nitrogen and oxygen atoms in total. The van der Waals surface area contributed by atoms with Crippen molar-refractivity contribution in [2.75, 3.05) is 33.7 Å². The standard InChI is InChI=1S/C10H21N3O4/c1-11-5-3-7-13(2)10(17)12-6-4-8(14)9(15)16/h8,11,14H,3-7H2,1-2H3,(H,12,17)(H,15,16). The number of rotatable bonds is 8. The first-order chi connectivity index (χ1) is 7.99. The molecule has 0 aromatic rings. The molecule has 0 aromatic heterocycles. The van der Waals surface area contributed by atoms with Gasteiger partial charge in [0.1, 0.15) is 0 Å². The number of aliphatic hydroxyl groups is 1. The van der Waals surface area contributed by atoms with Crippen molar-refractivity contribution >= 4 is 12.0 Å². The summed E-state index contributed by atoms with van der Waals surface area (Å²) in [4.78, 5) is 23.3. The number of carboxylic acid groups (broad SMARTS) is 1. The lowest BCUT2D eigenvalue weighted by Crippen LogP contribution is -2.40. The van der Waals surface area contributed by atoms with Gasteiger partial charge in [-0.15, -0.1) is 0 Å². The molecule has 0 saturated heterocycles. The van der Waals surface area contributed by atoms with E-state index in [9.17, 15) is 9.59 Å². The molecular formula is C10H21N3O4. The summed E-state index contributed by atoms with van der Waals surface area (Å²) in [6.45, 7) is 1.59. The van der Waals surface area contributed by atoms with E-state index in [4.69, 9.17) is 10.2 Å². The van der Waals surface area contributed by atoms with E-state index in [-0.39, 0.29) is 19.0 Å². The highest BCUT2D eigenvalue weighted by atomic mass is 16.4. The molecule has 0 aliphatic rings. The molecule has 1 unspecified atom stereocenters. The number of hydrogen-bond donors (Lipinski definition) is 4. The van der Waals surface area contributed by atoms with Crippen molar-refractivity contribution in [2.45, 2.75) is 18.9 Å². The monoisotopic (exact) mass is 247 g/mol. The molecule has 2 amide bonds. The van der Waals surface area contributed by atoms with Crippen LogP contribution in [0.5, 0.6) is 0 Å². The number of nitrogens with zero attached hydrogens (tertiary/aromatic N) is 1. The van der Waals surface area contributed by atoms with Gasteiger partial charge in [-0.1, -0.05) is 0 Å². The fourth-order valence-electron chi connectivity index (χ4n) is 1.17. The van der Waals surface area contributed by atoms with Gasteiger partial charge in [0, 0.05) is 26.6 Å². The Labute approximate surface area is 101 Å². The van der Waals surface area contributed by atoms with Crippen LogP contribution in [-0.2, 0) is 4.79 Å². The average Bonchev–Trinajstić information content (AvgIpc) is 2.28. The lowest BCUT2D eigenvalue weighted by atomic mass is 10.2. The molecule has 0 aromatic carbocycles. The van der Waals surface area contributed by atoms with Gasteiger partial charge in [-0.25, -0.2) is 9.59 Å². The second-order valence-corrected chi connectivity index (χ2v) is 3.75. The number of urea groups is 1.